The molecule has 144 valence electrons. The molecule has 1 aliphatic rings. The minimum Gasteiger partial charge on any atom is -0.497 e. The largest absolute Gasteiger partial charge is 0.497 e. The van der Waals surface area contributed by atoms with E-state index in [1.165, 1.54) is 24.0 Å². The fraction of sp³-hybridized carbons (Fsp3) is 0.278. The number of amides is 1. The van der Waals surface area contributed by atoms with E-state index in [1.54, 1.807) is 31.4 Å². The van der Waals surface area contributed by atoms with Crippen LogP contribution in [0.25, 0.3) is 0 Å². The van der Waals surface area contributed by atoms with Gasteiger partial charge >= 0.3 is 6.09 Å². The van der Waals surface area contributed by atoms with Crippen molar-refractivity contribution in [2.45, 2.75) is 17.9 Å². The molecule has 2 aromatic rings. The van der Waals surface area contributed by atoms with Gasteiger partial charge in [-0.1, -0.05) is 0 Å². The Bertz CT molecular complexity index is 947. The topological polar surface area (TPSA) is 84.9 Å². The zero-order valence-corrected chi connectivity index (χ0v) is 15.6. The minimum atomic E-state index is -3.84. The average molecular weight is 394 g/mol. The number of carbonyl (C=O) groups excluding carboxylic acids is 1. The van der Waals surface area contributed by atoms with Crippen LogP contribution in [0.4, 0.5) is 14.9 Å². The number of hydrogen-bond donors (Lipinski definition) is 1. The maximum atomic E-state index is 13.3. The molecule has 9 heteroatoms. The zero-order valence-electron chi connectivity index (χ0n) is 14.8. The van der Waals surface area contributed by atoms with Crippen LogP contribution in [0.5, 0.6) is 5.75 Å². The van der Waals surface area contributed by atoms with Crippen LogP contribution in [-0.2, 0) is 14.8 Å². The smallest absolute Gasteiger partial charge is 0.414 e. The fourth-order valence-corrected chi connectivity index (χ4v) is 3.82. The molecular weight excluding hydrogens is 375 g/mol. The molecule has 1 aliphatic heterocycles. The number of ether oxygens (including phenoxy) is 2. The summed E-state index contributed by atoms with van der Waals surface area (Å²) in [5, 5.41) is 0. The third kappa shape index (κ3) is 4.20. The highest BCUT2D eigenvalue weighted by atomic mass is 32.2. The molecule has 1 fully saturated rings. The number of cyclic esters (lactones) is 1. The highest BCUT2D eigenvalue weighted by molar-refractivity contribution is 7.89. The van der Waals surface area contributed by atoms with Gasteiger partial charge < -0.3 is 9.47 Å². The number of carbonyl (C=O) groups is 1. The molecule has 2 aromatic carbocycles. The monoisotopic (exact) mass is 394 g/mol. The van der Waals surface area contributed by atoms with Gasteiger partial charge in [0.05, 0.1) is 18.6 Å². The molecule has 3 rings (SSSR count). The average Bonchev–Trinajstić information content (AvgIpc) is 3.03. The molecule has 0 aromatic heterocycles. The third-order valence-corrected chi connectivity index (χ3v) is 5.62. The molecule has 0 spiro atoms. The van der Waals surface area contributed by atoms with Gasteiger partial charge in [-0.15, -0.1) is 0 Å². The Kier molecular flexibility index (Phi) is 5.33. The van der Waals surface area contributed by atoms with Gasteiger partial charge in [0.2, 0.25) is 10.0 Å². The number of anilines is 1. The van der Waals surface area contributed by atoms with Crippen molar-refractivity contribution in [3.8, 4) is 5.75 Å². The van der Waals surface area contributed by atoms with E-state index in [1.807, 2.05) is 0 Å². The van der Waals surface area contributed by atoms with Gasteiger partial charge in [-0.3, -0.25) is 4.90 Å². The summed E-state index contributed by atoms with van der Waals surface area (Å²) < 4.78 is 50.7. The predicted octanol–water partition coefficient (Wildman–Crippen LogP) is 2.45. The summed E-state index contributed by atoms with van der Waals surface area (Å²) in [6.07, 6.45) is -1.20. The highest BCUT2D eigenvalue weighted by Gasteiger charge is 2.33. The zero-order chi connectivity index (χ0) is 19.6. The molecule has 27 heavy (non-hydrogen) atoms. The van der Waals surface area contributed by atoms with Crippen LogP contribution in [0.15, 0.2) is 47.4 Å². The Balaban J connectivity index is 1.64. The number of halogens is 1. The molecule has 1 saturated heterocycles. The lowest BCUT2D eigenvalue weighted by molar-refractivity contribution is 0.143. The molecule has 7 nitrogen and oxygen atoms in total. The summed E-state index contributed by atoms with van der Waals surface area (Å²) in [6, 6.07) is 10.4. The Hall–Kier alpha value is -2.65. The Labute approximate surface area is 156 Å². The Morgan fingerprint density at radius 2 is 1.96 bits per heavy atom. The second-order valence-corrected chi connectivity index (χ2v) is 7.84. The fourth-order valence-electron chi connectivity index (χ4n) is 2.67. The molecular formula is C18H19FN2O5S. The molecule has 1 atom stereocenters. The van der Waals surface area contributed by atoms with Gasteiger partial charge in [0.15, 0.2) is 0 Å². The van der Waals surface area contributed by atoms with E-state index in [0.717, 1.165) is 6.07 Å². The molecule has 1 amide bonds. The van der Waals surface area contributed by atoms with Gasteiger partial charge in [0, 0.05) is 12.2 Å². The van der Waals surface area contributed by atoms with Gasteiger partial charge in [0.25, 0.3) is 0 Å². The summed E-state index contributed by atoms with van der Waals surface area (Å²) >= 11 is 0. The lowest BCUT2D eigenvalue weighted by Crippen LogP contribution is -2.34. The van der Waals surface area contributed by atoms with Crippen LogP contribution in [0.2, 0.25) is 0 Å². The third-order valence-electron chi connectivity index (χ3n) is 4.20. The maximum absolute atomic E-state index is 13.3. The standard InChI is InChI=1S/C18H19FN2O5S/c1-12-9-16(7-8-17(12)19)27(23,24)20-10-15-11-21(18(22)26-15)13-3-5-14(25-2)6-4-13/h3-9,15,20H,10-11H2,1-2H3. The van der Waals surface area contributed by atoms with Crippen molar-refractivity contribution in [2.75, 3.05) is 25.1 Å². The van der Waals surface area contributed by atoms with E-state index >= 15 is 0 Å². The SMILES string of the molecule is COc1ccc(N2CC(CNS(=O)(=O)c3ccc(F)c(C)c3)OC2=O)cc1. The van der Waals surface area contributed by atoms with E-state index in [0.29, 0.717) is 11.4 Å². The summed E-state index contributed by atoms with van der Waals surface area (Å²) in [6.45, 7) is 1.60. The number of nitrogens with zero attached hydrogens (tertiary/aromatic N) is 1. The quantitative estimate of drug-likeness (QED) is 0.814. The summed E-state index contributed by atoms with van der Waals surface area (Å²) in [4.78, 5) is 13.4. The van der Waals surface area contributed by atoms with Crippen molar-refractivity contribution in [1.29, 1.82) is 0 Å². The Morgan fingerprint density at radius 3 is 2.59 bits per heavy atom. The first-order valence-electron chi connectivity index (χ1n) is 8.18. The first-order chi connectivity index (χ1) is 12.8. The van der Waals surface area contributed by atoms with Crippen LogP contribution in [0.3, 0.4) is 0 Å². The molecule has 1 heterocycles. The van der Waals surface area contributed by atoms with Crippen molar-refractivity contribution in [2.24, 2.45) is 0 Å². The van der Waals surface area contributed by atoms with E-state index < -0.39 is 28.0 Å². The number of benzene rings is 2. The highest BCUT2D eigenvalue weighted by Crippen LogP contribution is 2.24. The van der Waals surface area contributed by atoms with Gasteiger partial charge in [0.1, 0.15) is 17.7 Å². The van der Waals surface area contributed by atoms with Gasteiger partial charge in [-0.05, 0) is 55.0 Å². The van der Waals surface area contributed by atoms with Gasteiger partial charge in [-0.25, -0.2) is 22.3 Å². The predicted molar refractivity (Wildman–Crippen MR) is 96.9 cm³/mol. The van der Waals surface area contributed by atoms with Crippen molar-refractivity contribution < 1.29 is 27.1 Å². The van der Waals surface area contributed by atoms with Crippen molar-refractivity contribution in [3.63, 3.8) is 0 Å². The van der Waals surface area contributed by atoms with E-state index in [2.05, 4.69) is 4.72 Å². The maximum Gasteiger partial charge on any atom is 0.414 e. The number of sulfonamides is 1. The van der Waals surface area contributed by atoms with Crippen LogP contribution >= 0.6 is 0 Å². The number of aryl methyl sites for hydroxylation is 1. The number of methoxy groups -OCH3 is 1. The summed E-state index contributed by atoms with van der Waals surface area (Å²) in [5.74, 6) is 0.180. The molecule has 0 saturated carbocycles. The van der Waals surface area contributed by atoms with Crippen molar-refractivity contribution in [3.05, 3.63) is 53.8 Å². The van der Waals surface area contributed by atoms with Crippen molar-refractivity contribution >= 4 is 21.8 Å². The molecule has 0 bridgehead atoms. The van der Waals surface area contributed by atoms with Crippen LogP contribution < -0.4 is 14.4 Å². The number of rotatable bonds is 6. The molecule has 1 N–H and O–H groups in total. The number of hydrogen-bond acceptors (Lipinski definition) is 5. The van der Waals surface area contributed by atoms with E-state index in [9.17, 15) is 17.6 Å². The van der Waals surface area contributed by atoms with Crippen LogP contribution in [0, 0.1) is 12.7 Å². The number of nitrogens with one attached hydrogen (secondary N) is 1. The second kappa shape index (κ2) is 7.53. The van der Waals surface area contributed by atoms with Crippen LogP contribution in [-0.4, -0.2) is 40.8 Å². The van der Waals surface area contributed by atoms with E-state index in [4.69, 9.17) is 9.47 Å². The van der Waals surface area contributed by atoms with Gasteiger partial charge in [-0.2, -0.15) is 0 Å². The first kappa shape index (κ1) is 19.1. The van der Waals surface area contributed by atoms with E-state index in [-0.39, 0.29) is 23.5 Å². The lowest BCUT2D eigenvalue weighted by atomic mass is 10.2. The normalized spacial score (nSPS) is 17.1. The summed E-state index contributed by atoms with van der Waals surface area (Å²) in [5.41, 5.74) is 0.858. The second-order valence-electron chi connectivity index (χ2n) is 6.08. The minimum absolute atomic E-state index is 0.0438. The lowest BCUT2D eigenvalue weighted by Gasteiger charge is -2.13. The molecule has 0 aliphatic carbocycles. The van der Waals surface area contributed by atoms with Crippen LogP contribution in [0.1, 0.15) is 5.56 Å². The van der Waals surface area contributed by atoms with Crippen molar-refractivity contribution in [1.82, 2.24) is 4.72 Å². The molecule has 1 unspecified atom stereocenters. The Morgan fingerprint density at radius 1 is 1.26 bits per heavy atom. The first-order valence-corrected chi connectivity index (χ1v) is 9.66. The molecule has 0 radical (unpaired) electrons. The summed E-state index contributed by atoms with van der Waals surface area (Å²) in [7, 11) is -2.29.